The first-order valence-corrected chi connectivity index (χ1v) is 4.99. The first-order valence-electron chi connectivity index (χ1n) is 4.99. The zero-order chi connectivity index (χ0) is 11.7. The average molecular weight is 217 g/mol. The van der Waals surface area contributed by atoms with Gasteiger partial charge >= 0.3 is 6.03 Å². The summed E-state index contributed by atoms with van der Waals surface area (Å²) in [4.78, 5) is 30.2. The van der Waals surface area contributed by atoms with Gasteiger partial charge in [-0.05, 0) is 26.0 Å². The van der Waals surface area contributed by atoms with Gasteiger partial charge in [-0.3, -0.25) is 4.79 Å². The number of hydrogen-bond donors (Lipinski definition) is 1. The molecule has 0 unspecified atom stereocenters. The van der Waals surface area contributed by atoms with Crippen LogP contribution in [0, 0.1) is 0 Å². The highest BCUT2D eigenvalue weighted by molar-refractivity contribution is 5.94. The molecule has 5 nitrogen and oxygen atoms in total. The molecule has 1 aromatic rings. The maximum Gasteiger partial charge on any atom is 0.368 e. The van der Waals surface area contributed by atoms with Gasteiger partial charge in [-0.2, -0.15) is 9.98 Å². The second-order valence-electron chi connectivity index (χ2n) is 3.81. The van der Waals surface area contributed by atoms with E-state index in [-0.39, 0.29) is 11.9 Å². The van der Waals surface area contributed by atoms with Crippen LogP contribution in [0.5, 0.6) is 0 Å². The Morgan fingerprint density at radius 2 is 2.06 bits per heavy atom. The highest BCUT2D eigenvalue weighted by Gasteiger charge is 2.14. The number of amides is 3. The quantitative estimate of drug-likeness (QED) is 0.768. The molecular weight excluding hydrogens is 206 g/mol. The Morgan fingerprint density at radius 1 is 1.31 bits per heavy atom. The van der Waals surface area contributed by atoms with Gasteiger partial charge in [0.2, 0.25) is 0 Å². The fourth-order valence-electron chi connectivity index (χ4n) is 1.49. The molecule has 82 valence electrons. The Kier molecular flexibility index (Phi) is 2.52. The summed E-state index contributed by atoms with van der Waals surface area (Å²) >= 11 is 0. The van der Waals surface area contributed by atoms with Crippen molar-refractivity contribution in [2.75, 3.05) is 0 Å². The molecular formula is C11H11N3O2. The van der Waals surface area contributed by atoms with E-state index in [0.29, 0.717) is 16.3 Å². The average Bonchev–Trinajstić information content (AvgIpc) is 2.55. The second-order valence-corrected chi connectivity index (χ2v) is 3.81. The van der Waals surface area contributed by atoms with E-state index in [0.717, 1.165) is 0 Å². The van der Waals surface area contributed by atoms with Crippen molar-refractivity contribution in [2.24, 2.45) is 9.98 Å². The summed E-state index contributed by atoms with van der Waals surface area (Å²) in [5.74, 6) is -0.236. The lowest BCUT2D eigenvalue weighted by Gasteiger charge is -2.07. The molecule has 0 aromatic heterocycles. The number of urea groups is 1. The van der Waals surface area contributed by atoms with Crippen molar-refractivity contribution < 1.29 is 9.59 Å². The summed E-state index contributed by atoms with van der Waals surface area (Å²) in [5, 5.41) is 3.58. The third-order valence-electron chi connectivity index (χ3n) is 2.10. The molecule has 2 rings (SSSR count). The molecule has 0 fully saturated rings. The molecule has 0 spiro atoms. The van der Waals surface area contributed by atoms with Gasteiger partial charge in [0.15, 0.2) is 0 Å². The fraction of sp³-hybridized carbons (Fsp3) is 0.273. The molecule has 16 heavy (non-hydrogen) atoms. The van der Waals surface area contributed by atoms with Crippen molar-refractivity contribution in [3.63, 3.8) is 0 Å². The molecule has 5 heteroatoms. The van der Waals surface area contributed by atoms with Crippen LogP contribution in [-0.4, -0.2) is 18.0 Å². The smallest absolute Gasteiger partial charge is 0.350 e. The zero-order valence-electron chi connectivity index (χ0n) is 9.02. The van der Waals surface area contributed by atoms with Crippen molar-refractivity contribution in [3.05, 3.63) is 34.5 Å². The maximum absolute atomic E-state index is 11.8. The monoisotopic (exact) mass is 217 g/mol. The van der Waals surface area contributed by atoms with Crippen molar-refractivity contribution in [2.45, 2.75) is 19.9 Å². The van der Waals surface area contributed by atoms with Crippen LogP contribution < -0.4 is 16.0 Å². The number of nitrogens with one attached hydrogen (secondary N) is 1. The van der Waals surface area contributed by atoms with E-state index in [9.17, 15) is 9.59 Å². The first-order chi connectivity index (χ1) is 7.58. The van der Waals surface area contributed by atoms with Crippen LogP contribution >= 0.6 is 0 Å². The predicted molar refractivity (Wildman–Crippen MR) is 56.8 cm³/mol. The summed E-state index contributed by atoms with van der Waals surface area (Å²) in [6.07, 6.45) is 0. The molecule has 1 aromatic carbocycles. The Morgan fingerprint density at radius 3 is 2.75 bits per heavy atom. The molecule has 1 aliphatic heterocycles. The number of rotatable bonds is 2. The normalized spacial score (nSPS) is 13.1. The number of hydrogen-bond acceptors (Lipinski definition) is 2. The van der Waals surface area contributed by atoms with Crippen molar-refractivity contribution in [1.29, 1.82) is 0 Å². The first kappa shape index (κ1) is 10.5. The molecule has 1 N–H and O–H groups in total. The van der Waals surface area contributed by atoms with Gasteiger partial charge in [-0.25, -0.2) is 4.79 Å². The van der Waals surface area contributed by atoms with E-state index >= 15 is 0 Å². The van der Waals surface area contributed by atoms with Crippen molar-refractivity contribution >= 4 is 11.9 Å². The van der Waals surface area contributed by atoms with E-state index in [2.05, 4.69) is 15.3 Å². The number of para-hydroxylation sites is 1. The Balaban J connectivity index is 2.51. The van der Waals surface area contributed by atoms with Gasteiger partial charge in [-0.1, -0.05) is 6.07 Å². The van der Waals surface area contributed by atoms with Gasteiger partial charge in [0.25, 0.3) is 5.91 Å². The summed E-state index contributed by atoms with van der Waals surface area (Å²) in [7, 11) is 0. The largest absolute Gasteiger partial charge is 0.368 e. The molecule has 0 atom stereocenters. The molecule has 3 amide bonds. The van der Waals surface area contributed by atoms with Gasteiger partial charge in [0, 0.05) is 6.04 Å². The lowest BCUT2D eigenvalue weighted by atomic mass is 10.2. The van der Waals surface area contributed by atoms with Crippen molar-refractivity contribution in [3.8, 4) is 0 Å². The van der Waals surface area contributed by atoms with E-state index in [1.165, 1.54) is 0 Å². The minimum absolute atomic E-state index is 0.0393. The van der Waals surface area contributed by atoms with Gasteiger partial charge in [0.1, 0.15) is 5.36 Å². The number of nitrogens with zero attached hydrogens (tertiary/aromatic N) is 2. The lowest BCUT2D eigenvalue weighted by Crippen LogP contribution is -2.37. The SMILES string of the molecule is CC(C)NC(=O)c1cccc2c1=NC(=O)N=2. The third-order valence-corrected chi connectivity index (χ3v) is 2.10. The van der Waals surface area contributed by atoms with Gasteiger partial charge in [0.05, 0.1) is 10.9 Å². The van der Waals surface area contributed by atoms with Crippen molar-refractivity contribution in [1.82, 2.24) is 5.32 Å². The molecule has 0 saturated heterocycles. The van der Waals surface area contributed by atoms with E-state index in [1.807, 2.05) is 13.8 Å². The topological polar surface area (TPSA) is 70.9 Å². The van der Waals surface area contributed by atoms with Gasteiger partial charge < -0.3 is 5.32 Å². The molecule has 1 aliphatic rings. The second kappa shape index (κ2) is 3.84. The fourth-order valence-corrected chi connectivity index (χ4v) is 1.49. The Hall–Kier alpha value is -2.04. The third kappa shape index (κ3) is 1.84. The standard InChI is InChI=1S/C11H11N3O2/c1-6(2)12-10(15)7-4-3-5-8-9(7)14-11(16)13-8/h3-6H,1-2H3,(H,12,15). The summed E-state index contributed by atoms with van der Waals surface area (Å²) in [6, 6.07) is 4.47. The highest BCUT2D eigenvalue weighted by atomic mass is 16.2. The minimum atomic E-state index is -0.556. The Bertz CT molecular complexity index is 575. The molecule has 0 bridgehead atoms. The maximum atomic E-state index is 11.8. The van der Waals surface area contributed by atoms with Crippen LogP contribution in [-0.2, 0) is 0 Å². The van der Waals surface area contributed by atoms with E-state index in [4.69, 9.17) is 0 Å². The summed E-state index contributed by atoms with van der Waals surface area (Å²) < 4.78 is 0. The van der Waals surface area contributed by atoms with Gasteiger partial charge in [-0.15, -0.1) is 0 Å². The number of fused-ring (bicyclic) bond motifs is 1. The number of benzene rings is 1. The van der Waals surface area contributed by atoms with Crippen LogP contribution in [0.15, 0.2) is 28.2 Å². The Labute approximate surface area is 91.9 Å². The summed E-state index contributed by atoms with van der Waals surface area (Å²) in [6.45, 7) is 3.74. The zero-order valence-corrected chi connectivity index (χ0v) is 9.02. The highest BCUT2D eigenvalue weighted by Crippen LogP contribution is 1.94. The number of carbonyl (C=O) groups excluding carboxylic acids is 2. The summed E-state index contributed by atoms with van der Waals surface area (Å²) in [5.41, 5.74) is 0.390. The van der Waals surface area contributed by atoms with Crippen LogP contribution in [0.1, 0.15) is 24.2 Å². The van der Waals surface area contributed by atoms with Crippen LogP contribution in [0.2, 0.25) is 0 Å². The minimum Gasteiger partial charge on any atom is -0.350 e. The lowest BCUT2D eigenvalue weighted by molar-refractivity contribution is 0.0941. The van der Waals surface area contributed by atoms with E-state index in [1.54, 1.807) is 18.2 Å². The van der Waals surface area contributed by atoms with E-state index < -0.39 is 6.03 Å². The van der Waals surface area contributed by atoms with Crippen LogP contribution in [0.4, 0.5) is 4.79 Å². The molecule has 1 heterocycles. The molecule has 0 saturated carbocycles. The number of carbonyl (C=O) groups is 2. The van der Waals surface area contributed by atoms with Crippen LogP contribution in [0.3, 0.4) is 0 Å². The predicted octanol–water partition coefficient (Wildman–Crippen LogP) is 0.198. The van der Waals surface area contributed by atoms with Crippen LogP contribution in [0.25, 0.3) is 0 Å². The molecule has 0 aliphatic carbocycles. The molecule has 0 radical (unpaired) electrons.